The van der Waals surface area contributed by atoms with Crippen LogP contribution in [0.5, 0.6) is 11.5 Å². The Hall–Kier alpha value is -7.11. The van der Waals surface area contributed by atoms with E-state index in [-0.39, 0.29) is 0 Å². The number of nitrogens with zero attached hydrogens (tertiary/aromatic N) is 3. The molecule has 0 saturated carbocycles. The molecule has 0 fully saturated rings. The fourth-order valence-electron chi connectivity index (χ4n) is 8.40. The van der Waals surface area contributed by atoms with E-state index in [4.69, 9.17) is 24.1 Å². The summed E-state index contributed by atoms with van der Waals surface area (Å²) in [5, 5.41) is 1.11. The van der Waals surface area contributed by atoms with E-state index in [0.29, 0.717) is 17.5 Å². The number of ether oxygens (including phenoxy) is 1. The summed E-state index contributed by atoms with van der Waals surface area (Å²) in [6.45, 7) is 0. The summed E-state index contributed by atoms with van der Waals surface area (Å²) in [6.07, 6.45) is 1.79. The van der Waals surface area contributed by atoms with Crippen LogP contribution in [0.25, 0.3) is 67.4 Å². The quantitative estimate of drug-likeness (QED) is 0.185. The van der Waals surface area contributed by atoms with E-state index >= 15 is 0 Å². The van der Waals surface area contributed by atoms with Gasteiger partial charge in [-0.1, -0.05) is 133 Å². The minimum atomic E-state index is -0.599. The summed E-state index contributed by atoms with van der Waals surface area (Å²) in [4.78, 5) is 14.9. The molecule has 3 heterocycles. The van der Waals surface area contributed by atoms with Crippen molar-refractivity contribution in [2.45, 2.75) is 5.41 Å². The van der Waals surface area contributed by atoms with Gasteiger partial charge in [-0.15, -0.1) is 0 Å². The van der Waals surface area contributed by atoms with Crippen molar-refractivity contribution in [1.82, 2.24) is 15.0 Å². The minimum Gasteiger partial charge on any atom is -0.464 e. The molecule has 1 aliphatic carbocycles. The van der Waals surface area contributed by atoms with E-state index in [9.17, 15) is 0 Å². The molecule has 1 atom stereocenters. The van der Waals surface area contributed by atoms with E-state index in [0.717, 1.165) is 61.4 Å². The normalized spacial score (nSPS) is 15.0. The molecular weight excluding hydrogens is 651 g/mol. The van der Waals surface area contributed by atoms with Gasteiger partial charge in [-0.25, -0.2) is 15.0 Å². The Morgan fingerprint density at radius 2 is 1.00 bits per heavy atom. The maximum atomic E-state index is 6.72. The number of aromatic nitrogens is 3. The molecule has 1 spiro atoms. The fraction of sp³-hybridized carbons (Fsp3) is 0.0208. The number of furan rings is 1. The van der Waals surface area contributed by atoms with Crippen molar-refractivity contribution in [3.63, 3.8) is 0 Å². The second kappa shape index (κ2) is 11.5. The van der Waals surface area contributed by atoms with E-state index < -0.39 is 5.41 Å². The Balaban J connectivity index is 1.11. The highest BCUT2D eigenvalue weighted by Gasteiger charge is 2.51. The zero-order chi connectivity index (χ0) is 34.9. The van der Waals surface area contributed by atoms with Crippen molar-refractivity contribution >= 4 is 11.0 Å². The van der Waals surface area contributed by atoms with Gasteiger partial charge in [-0.3, -0.25) is 0 Å². The fourth-order valence-corrected chi connectivity index (χ4v) is 8.40. The molecule has 9 aromatic rings. The highest BCUT2D eigenvalue weighted by molar-refractivity contribution is 6.03. The van der Waals surface area contributed by atoms with Gasteiger partial charge in [0.1, 0.15) is 17.1 Å². The number of hydrogen-bond donors (Lipinski definition) is 0. The van der Waals surface area contributed by atoms with Crippen molar-refractivity contribution in [2.75, 3.05) is 0 Å². The molecule has 1 unspecified atom stereocenters. The van der Waals surface area contributed by atoms with E-state index in [1.165, 1.54) is 22.3 Å². The molecule has 0 N–H and O–H groups in total. The third-order valence-corrected chi connectivity index (χ3v) is 10.7. The highest BCUT2D eigenvalue weighted by Crippen LogP contribution is 2.63. The largest absolute Gasteiger partial charge is 0.464 e. The molecular formula is C48H29N3O2. The Labute approximate surface area is 305 Å². The molecule has 248 valence electrons. The van der Waals surface area contributed by atoms with Crippen LogP contribution in [0.2, 0.25) is 0 Å². The molecule has 2 aliphatic rings. The first kappa shape index (κ1) is 29.6. The minimum absolute atomic E-state index is 0.599. The van der Waals surface area contributed by atoms with Gasteiger partial charge >= 0.3 is 0 Å². The lowest BCUT2D eigenvalue weighted by Gasteiger charge is -2.39. The van der Waals surface area contributed by atoms with Crippen molar-refractivity contribution in [3.05, 3.63) is 198 Å². The van der Waals surface area contributed by atoms with Gasteiger partial charge in [-0.05, 0) is 69.8 Å². The summed E-state index contributed by atoms with van der Waals surface area (Å²) in [6, 6.07) is 58.9. The van der Waals surface area contributed by atoms with E-state index in [1.807, 2.05) is 66.7 Å². The maximum absolute atomic E-state index is 6.72. The van der Waals surface area contributed by atoms with Crippen LogP contribution >= 0.6 is 0 Å². The standard InChI is InChI=1S/C48H29N3O2/c1-3-12-30(13-4-1)45-49-46(31-14-5-2-6-15-31)51-47(50-45)34-17-11-16-32(28-34)33-22-24-43-40(29-33)48(38-20-9-10-21-42(38)53-43)37-19-8-7-18-35(37)44-36-26-27-52-41(36)25-23-39(44)48/h1-29H. The van der Waals surface area contributed by atoms with Crippen LogP contribution in [0.3, 0.4) is 0 Å². The molecule has 5 heteroatoms. The summed E-state index contributed by atoms with van der Waals surface area (Å²) < 4.78 is 12.6. The van der Waals surface area contributed by atoms with Gasteiger partial charge in [0.2, 0.25) is 0 Å². The van der Waals surface area contributed by atoms with Crippen molar-refractivity contribution in [3.8, 4) is 67.9 Å². The average molecular weight is 680 g/mol. The number of fused-ring (bicyclic) bond motifs is 11. The van der Waals surface area contributed by atoms with Gasteiger partial charge < -0.3 is 9.15 Å². The maximum Gasteiger partial charge on any atom is 0.164 e. The van der Waals surface area contributed by atoms with Crippen LogP contribution in [-0.4, -0.2) is 15.0 Å². The summed E-state index contributed by atoms with van der Waals surface area (Å²) in [7, 11) is 0. The highest BCUT2D eigenvalue weighted by atomic mass is 16.5. The van der Waals surface area contributed by atoms with E-state index in [2.05, 4.69) is 103 Å². The van der Waals surface area contributed by atoms with Gasteiger partial charge in [-0.2, -0.15) is 0 Å². The molecule has 11 rings (SSSR count). The average Bonchev–Trinajstić information content (AvgIpc) is 3.83. The van der Waals surface area contributed by atoms with Crippen LogP contribution in [0.15, 0.2) is 181 Å². The van der Waals surface area contributed by atoms with E-state index in [1.54, 1.807) is 6.26 Å². The third-order valence-electron chi connectivity index (χ3n) is 10.7. The van der Waals surface area contributed by atoms with Crippen LogP contribution < -0.4 is 4.74 Å². The molecule has 0 radical (unpaired) electrons. The Bertz CT molecular complexity index is 2820. The molecule has 1 aliphatic heterocycles. The van der Waals surface area contributed by atoms with Crippen LogP contribution in [0.4, 0.5) is 0 Å². The van der Waals surface area contributed by atoms with Gasteiger partial charge in [0, 0.05) is 33.2 Å². The summed E-state index contributed by atoms with van der Waals surface area (Å²) in [5.41, 5.74) is 12.3. The SMILES string of the molecule is c1ccc(-c2nc(-c3ccccc3)nc(-c3cccc(-c4ccc5c(c4)C4(c6ccccc6O5)c5ccccc5-c5c4ccc4occc54)c3)n2)cc1. The smallest absolute Gasteiger partial charge is 0.164 e. The summed E-state index contributed by atoms with van der Waals surface area (Å²) in [5.74, 6) is 3.60. The number of hydrogen-bond acceptors (Lipinski definition) is 5. The van der Waals surface area contributed by atoms with Crippen molar-refractivity contribution in [1.29, 1.82) is 0 Å². The number of benzene rings is 7. The molecule has 0 amide bonds. The predicted octanol–water partition coefficient (Wildman–Crippen LogP) is 11.8. The molecule has 5 nitrogen and oxygen atoms in total. The van der Waals surface area contributed by atoms with Crippen LogP contribution in [0, 0.1) is 0 Å². The van der Waals surface area contributed by atoms with Gasteiger partial charge in [0.25, 0.3) is 0 Å². The van der Waals surface area contributed by atoms with Gasteiger partial charge in [0.05, 0.1) is 11.7 Å². The second-order valence-corrected chi connectivity index (χ2v) is 13.5. The zero-order valence-corrected chi connectivity index (χ0v) is 28.4. The van der Waals surface area contributed by atoms with Crippen LogP contribution in [0.1, 0.15) is 22.3 Å². The first-order chi connectivity index (χ1) is 26.3. The zero-order valence-electron chi connectivity index (χ0n) is 28.4. The predicted molar refractivity (Wildman–Crippen MR) is 209 cm³/mol. The number of para-hydroxylation sites is 1. The molecule has 7 aromatic carbocycles. The van der Waals surface area contributed by atoms with Crippen molar-refractivity contribution in [2.24, 2.45) is 0 Å². The first-order valence-corrected chi connectivity index (χ1v) is 17.8. The van der Waals surface area contributed by atoms with Crippen LogP contribution in [-0.2, 0) is 5.41 Å². The molecule has 0 bridgehead atoms. The Morgan fingerprint density at radius 3 is 1.77 bits per heavy atom. The molecule has 0 saturated heterocycles. The monoisotopic (exact) mass is 679 g/mol. The van der Waals surface area contributed by atoms with Gasteiger partial charge in [0.15, 0.2) is 17.5 Å². The second-order valence-electron chi connectivity index (χ2n) is 13.5. The lowest BCUT2D eigenvalue weighted by Crippen LogP contribution is -2.32. The Kier molecular flexibility index (Phi) is 6.40. The topological polar surface area (TPSA) is 61.0 Å². The Morgan fingerprint density at radius 1 is 0.396 bits per heavy atom. The molecule has 2 aromatic heterocycles. The number of rotatable bonds is 4. The lowest BCUT2D eigenvalue weighted by atomic mass is 9.65. The van der Waals surface area contributed by atoms with Crippen molar-refractivity contribution < 1.29 is 9.15 Å². The molecule has 53 heavy (non-hydrogen) atoms. The third kappa shape index (κ3) is 4.41. The summed E-state index contributed by atoms with van der Waals surface area (Å²) >= 11 is 0. The lowest BCUT2D eigenvalue weighted by molar-refractivity contribution is 0.436. The first-order valence-electron chi connectivity index (χ1n) is 17.8.